The van der Waals surface area contributed by atoms with Gasteiger partial charge in [0.2, 0.25) is 11.6 Å². The molecule has 0 saturated heterocycles. The summed E-state index contributed by atoms with van der Waals surface area (Å²) in [5.41, 5.74) is 4.11. The third-order valence-electron chi connectivity index (χ3n) is 3.01. The molecule has 120 valence electrons. The molecule has 3 N–H and O–H groups in total. The number of rotatable bonds is 5. The monoisotopic (exact) mass is 321 g/mol. The van der Waals surface area contributed by atoms with Crippen LogP contribution in [0.2, 0.25) is 0 Å². The summed E-state index contributed by atoms with van der Waals surface area (Å²) in [6.07, 6.45) is 0.940. The van der Waals surface area contributed by atoms with Crippen molar-refractivity contribution in [3.8, 4) is 0 Å². The lowest BCUT2D eigenvalue weighted by Crippen LogP contribution is -2.24. The van der Waals surface area contributed by atoms with Gasteiger partial charge in [-0.15, -0.1) is 0 Å². The van der Waals surface area contributed by atoms with Gasteiger partial charge in [-0.05, 0) is 25.1 Å². The summed E-state index contributed by atoms with van der Waals surface area (Å²) >= 11 is 0. The van der Waals surface area contributed by atoms with Gasteiger partial charge in [-0.25, -0.2) is 4.39 Å². The maximum absolute atomic E-state index is 13.1. The first-order valence-electron chi connectivity index (χ1n) is 6.39. The molecule has 1 heterocycles. The van der Waals surface area contributed by atoms with Crippen molar-refractivity contribution in [2.75, 3.05) is 5.32 Å². The molecule has 0 saturated carbocycles. The molecule has 0 aliphatic heterocycles. The molecule has 0 aliphatic rings. The average molecular weight is 321 g/mol. The van der Waals surface area contributed by atoms with Crippen LogP contribution in [0, 0.1) is 15.9 Å². The Morgan fingerprint density at radius 1 is 1.48 bits per heavy atom. The van der Waals surface area contributed by atoms with Gasteiger partial charge >= 0.3 is 5.69 Å². The van der Waals surface area contributed by atoms with Crippen molar-refractivity contribution >= 4 is 23.2 Å². The second-order valence-electron chi connectivity index (χ2n) is 4.64. The van der Waals surface area contributed by atoms with E-state index in [2.05, 4.69) is 10.4 Å². The van der Waals surface area contributed by atoms with E-state index < -0.39 is 40.0 Å². The predicted molar refractivity (Wildman–Crippen MR) is 77.1 cm³/mol. The van der Waals surface area contributed by atoms with E-state index in [4.69, 9.17) is 5.73 Å². The van der Waals surface area contributed by atoms with Crippen molar-refractivity contribution in [3.63, 3.8) is 0 Å². The second-order valence-corrected chi connectivity index (χ2v) is 4.64. The summed E-state index contributed by atoms with van der Waals surface area (Å²) in [5, 5.41) is 17.0. The minimum absolute atomic E-state index is 0.221. The highest BCUT2D eigenvalue weighted by Crippen LogP contribution is 2.20. The van der Waals surface area contributed by atoms with Crippen LogP contribution in [0.15, 0.2) is 30.5 Å². The minimum atomic E-state index is -1.08. The zero-order valence-corrected chi connectivity index (χ0v) is 11.9. The highest BCUT2D eigenvalue weighted by Gasteiger charge is 2.27. The van der Waals surface area contributed by atoms with Crippen molar-refractivity contribution in [1.29, 1.82) is 0 Å². The molecule has 0 spiro atoms. The van der Waals surface area contributed by atoms with Gasteiger partial charge < -0.3 is 11.1 Å². The Morgan fingerprint density at radius 2 is 2.17 bits per heavy atom. The Morgan fingerprint density at radius 3 is 2.70 bits per heavy atom. The lowest BCUT2D eigenvalue weighted by atomic mass is 10.2. The zero-order valence-electron chi connectivity index (χ0n) is 11.9. The van der Waals surface area contributed by atoms with E-state index in [1.807, 2.05) is 0 Å². The molecule has 10 heteroatoms. The highest BCUT2D eigenvalue weighted by atomic mass is 19.1. The van der Waals surface area contributed by atoms with E-state index in [1.165, 1.54) is 25.1 Å². The summed E-state index contributed by atoms with van der Waals surface area (Å²) in [6, 6.07) is 4.25. The van der Waals surface area contributed by atoms with Crippen LogP contribution in [0.25, 0.3) is 0 Å². The van der Waals surface area contributed by atoms with Crippen molar-refractivity contribution in [2.45, 2.75) is 13.0 Å². The van der Waals surface area contributed by atoms with Gasteiger partial charge in [0.15, 0.2) is 0 Å². The first-order valence-corrected chi connectivity index (χ1v) is 6.39. The lowest BCUT2D eigenvalue weighted by Gasteiger charge is -2.12. The van der Waals surface area contributed by atoms with Crippen LogP contribution in [0.1, 0.15) is 23.5 Å². The molecule has 23 heavy (non-hydrogen) atoms. The van der Waals surface area contributed by atoms with Crippen molar-refractivity contribution in [1.82, 2.24) is 9.78 Å². The molecule has 2 amide bonds. The molecule has 0 fully saturated rings. The molecule has 1 aromatic carbocycles. The maximum Gasteiger partial charge on any atom is 0.320 e. The fraction of sp³-hybridized carbons (Fsp3) is 0.154. The Hall–Kier alpha value is -3.30. The zero-order chi connectivity index (χ0) is 17.1. The lowest BCUT2D eigenvalue weighted by molar-refractivity contribution is -0.385. The number of anilines is 1. The van der Waals surface area contributed by atoms with Gasteiger partial charge in [0.1, 0.15) is 18.1 Å². The first kappa shape index (κ1) is 16.1. The smallest absolute Gasteiger partial charge is 0.320 e. The van der Waals surface area contributed by atoms with Gasteiger partial charge in [0, 0.05) is 5.69 Å². The average Bonchev–Trinajstić information content (AvgIpc) is 2.92. The van der Waals surface area contributed by atoms with Crippen molar-refractivity contribution in [2.24, 2.45) is 5.73 Å². The summed E-state index contributed by atoms with van der Waals surface area (Å²) in [7, 11) is 0. The van der Waals surface area contributed by atoms with E-state index in [0.717, 1.165) is 16.9 Å². The van der Waals surface area contributed by atoms with Gasteiger partial charge in [-0.3, -0.25) is 24.4 Å². The Labute approximate surface area is 129 Å². The van der Waals surface area contributed by atoms with E-state index in [0.29, 0.717) is 0 Å². The van der Waals surface area contributed by atoms with Crippen molar-refractivity contribution in [3.05, 3.63) is 52.1 Å². The highest BCUT2D eigenvalue weighted by molar-refractivity contribution is 5.95. The van der Waals surface area contributed by atoms with Crippen LogP contribution in [0.5, 0.6) is 0 Å². The SMILES string of the molecule is CC(C(=O)Nc1cccc(F)c1)n1cc([N+](=O)[O-])c(C(N)=O)n1. The van der Waals surface area contributed by atoms with E-state index in [-0.39, 0.29) is 5.69 Å². The molecule has 0 aliphatic carbocycles. The quantitative estimate of drug-likeness (QED) is 0.631. The number of nitrogens with zero attached hydrogens (tertiary/aromatic N) is 3. The molecule has 9 nitrogen and oxygen atoms in total. The number of benzene rings is 1. The number of aromatic nitrogens is 2. The minimum Gasteiger partial charge on any atom is -0.364 e. The molecular weight excluding hydrogens is 309 g/mol. The number of carbonyl (C=O) groups is 2. The van der Waals surface area contributed by atoms with Crippen LogP contribution in [0.3, 0.4) is 0 Å². The number of hydrogen-bond acceptors (Lipinski definition) is 5. The largest absolute Gasteiger partial charge is 0.364 e. The Balaban J connectivity index is 2.24. The number of hydrogen-bond donors (Lipinski definition) is 2. The summed E-state index contributed by atoms with van der Waals surface area (Å²) in [5.74, 6) is -2.20. The van der Waals surface area contributed by atoms with Crippen LogP contribution in [0.4, 0.5) is 15.8 Å². The van der Waals surface area contributed by atoms with Crippen LogP contribution in [-0.4, -0.2) is 26.5 Å². The molecular formula is C13H12FN5O4. The van der Waals surface area contributed by atoms with Crippen LogP contribution in [-0.2, 0) is 4.79 Å². The molecule has 0 bridgehead atoms. The standard InChI is InChI=1S/C13H12FN5O4/c1-7(13(21)16-9-4-2-3-8(14)5-9)18-6-10(19(22)23)11(17-18)12(15)20/h2-7H,1H3,(H2,15,20)(H,16,21). The Bertz CT molecular complexity index is 757. The normalized spacial score (nSPS) is 11.7. The number of nitro groups is 1. The molecule has 0 radical (unpaired) electrons. The molecule has 1 atom stereocenters. The van der Waals surface area contributed by atoms with Crippen LogP contribution >= 0.6 is 0 Å². The first-order chi connectivity index (χ1) is 10.8. The summed E-state index contributed by atoms with van der Waals surface area (Å²) < 4.78 is 14.0. The Kier molecular flexibility index (Phi) is 4.35. The molecule has 1 unspecified atom stereocenters. The number of amides is 2. The van der Waals surface area contributed by atoms with Gasteiger partial charge in [0.05, 0.1) is 4.92 Å². The van der Waals surface area contributed by atoms with Gasteiger partial charge in [-0.1, -0.05) is 6.07 Å². The number of nitrogens with one attached hydrogen (secondary N) is 1. The van der Waals surface area contributed by atoms with E-state index >= 15 is 0 Å². The third-order valence-corrected chi connectivity index (χ3v) is 3.01. The fourth-order valence-electron chi connectivity index (χ4n) is 1.82. The summed E-state index contributed by atoms with van der Waals surface area (Å²) in [6.45, 7) is 1.41. The molecule has 2 aromatic rings. The fourth-order valence-corrected chi connectivity index (χ4v) is 1.82. The van der Waals surface area contributed by atoms with Crippen LogP contribution < -0.4 is 11.1 Å². The third kappa shape index (κ3) is 3.48. The maximum atomic E-state index is 13.1. The number of carbonyl (C=O) groups excluding carboxylic acids is 2. The number of primary amides is 1. The number of halogens is 1. The second kappa shape index (κ2) is 6.22. The number of nitrogens with two attached hydrogens (primary N) is 1. The van der Waals surface area contributed by atoms with E-state index in [1.54, 1.807) is 0 Å². The molecule has 2 rings (SSSR count). The summed E-state index contributed by atoms with van der Waals surface area (Å²) in [4.78, 5) is 33.3. The van der Waals surface area contributed by atoms with Gasteiger partial charge in [-0.2, -0.15) is 5.10 Å². The van der Waals surface area contributed by atoms with Gasteiger partial charge in [0.25, 0.3) is 5.91 Å². The topological polar surface area (TPSA) is 133 Å². The van der Waals surface area contributed by atoms with E-state index in [9.17, 15) is 24.1 Å². The van der Waals surface area contributed by atoms with Crippen molar-refractivity contribution < 1.29 is 18.9 Å². The molecule has 1 aromatic heterocycles. The predicted octanol–water partition coefficient (Wildman–Crippen LogP) is 1.23.